The van der Waals surface area contributed by atoms with Crippen molar-refractivity contribution in [2.45, 2.75) is 31.7 Å². The lowest BCUT2D eigenvalue weighted by molar-refractivity contribution is 0.0605. The number of rotatable bonds is 3. The molecule has 19 heavy (non-hydrogen) atoms. The van der Waals surface area contributed by atoms with E-state index >= 15 is 0 Å². The molecule has 1 unspecified atom stereocenters. The molecule has 0 aromatic heterocycles. The second-order valence-electron chi connectivity index (χ2n) is 4.75. The molecular formula is C14H16BrF2NO. The Morgan fingerprint density at radius 2 is 2.16 bits per heavy atom. The molecule has 1 saturated heterocycles. The molecule has 5 heteroatoms. The van der Waals surface area contributed by atoms with Crippen LogP contribution in [-0.2, 0) is 0 Å². The summed E-state index contributed by atoms with van der Waals surface area (Å²) in [6, 6.07) is 3.26. The van der Waals surface area contributed by atoms with Crippen LogP contribution in [-0.4, -0.2) is 28.7 Å². The first-order chi connectivity index (χ1) is 9.13. The molecule has 0 spiro atoms. The standard InChI is InChI=1S/C14H16BrF2NO/c15-7-6-11-3-1-2-8-18(11)14(19)12-5-4-10(16)9-13(12)17/h4-5,9,11H,1-3,6-8H2. The fourth-order valence-corrected chi connectivity index (χ4v) is 3.04. The summed E-state index contributed by atoms with van der Waals surface area (Å²) in [6.07, 6.45) is 3.83. The molecule has 0 radical (unpaired) electrons. The second-order valence-corrected chi connectivity index (χ2v) is 5.54. The fourth-order valence-electron chi connectivity index (χ4n) is 2.51. The van der Waals surface area contributed by atoms with Crippen LogP contribution < -0.4 is 0 Å². The van der Waals surface area contributed by atoms with Gasteiger partial charge in [0, 0.05) is 24.0 Å². The van der Waals surface area contributed by atoms with Crippen LogP contribution in [0.4, 0.5) is 8.78 Å². The highest BCUT2D eigenvalue weighted by molar-refractivity contribution is 9.09. The van der Waals surface area contributed by atoms with Gasteiger partial charge in [-0.05, 0) is 37.8 Å². The Hall–Kier alpha value is -0.970. The molecule has 2 nitrogen and oxygen atoms in total. The zero-order valence-corrected chi connectivity index (χ0v) is 12.1. The Labute approximate surface area is 119 Å². The lowest BCUT2D eigenvalue weighted by Crippen LogP contribution is -2.44. The van der Waals surface area contributed by atoms with Crippen molar-refractivity contribution in [2.24, 2.45) is 0 Å². The molecule has 1 amide bonds. The number of amides is 1. The third-order valence-corrected chi connectivity index (χ3v) is 3.95. The lowest BCUT2D eigenvalue weighted by atomic mass is 9.98. The smallest absolute Gasteiger partial charge is 0.257 e. The predicted octanol–water partition coefficient (Wildman–Crippen LogP) is 3.74. The Balaban J connectivity index is 2.21. The zero-order chi connectivity index (χ0) is 13.8. The van der Waals surface area contributed by atoms with Gasteiger partial charge in [0.1, 0.15) is 11.6 Å². The Kier molecular flexibility index (Phi) is 4.91. The molecule has 2 rings (SSSR count). The Morgan fingerprint density at radius 3 is 2.84 bits per heavy atom. The van der Waals surface area contributed by atoms with Crippen LogP contribution in [0.3, 0.4) is 0 Å². The van der Waals surface area contributed by atoms with Crippen molar-refractivity contribution in [1.82, 2.24) is 4.90 Å². The van der Waals surface area contributed by atoms with Crippen molar-refractivity contribution in [3.8, 4) is 0 Å². The van der Waals surface area contributed by atoms with Crippen LogP contribution in [0.25, 0.3) is 0 Å². The number of nitrogens with zero attached hydrogens (tertiary/aromatic N) is 1. The molecule has 1 heterocycles. The van der Waals surface area contributed by atoms with Crippen LogP contribution in [0.2, 0.25) is 0 Å². The van der Waals surface area contributed by atoms with E-state index in [2.05, 4.69) is 15.9 Å². The summed E-state index contributed by atoms with van der Waals surface area (Å²) in [5.74, 6) is -1.78. The van der Waals surface area contributed by atoms with E-state index < -0.39 is 11.6 Å². The normalized spacial score (nSPS) is 19.5. The fraction of sp³-hybridized carbons (Fsp3) is 0.500. The van der Waals surface area contributed by atoms with Gasteiger partial charge in [0.25, 0.3) is 5.91 Å². The summed E-state index contributed by atoms with van der Waals surface area (Å²) in [5.41, 5.74) is -0.0390. The maximum atomic E-state index is 13.7. The number of carbonyl (C=O) groups is 1. The summed E-state index contributed by atoms with van der Waals surface area (Å²) in [6.45, 7) is 0.646. The number of halogens is 3. The second kappa shape index (κ2) is 6.46. The first-order valence-electron chi connectivity index (χ1n) is 6.45. The molecule has 0 N–H and O–H groups in total. The third-order valence-electron chi connectivity index (χ3n) is 3.49. The van der Waals surface area contributed by atoms with Crippen molar-refractivity contribution < 1.29 is 13.6 Å². The first kappa shape index (κ1) is 14.4. The molecule has 0 aliphatic carbocycles. The quantitative estimate of drug-likeness (QED) is 0.772. The van der Waals surface area contributed by atoms with E-state index in [0.29, 0.717) is 6.54 Å². The van der Waals surface area contributed by atoms with E-state index in [1.54, 1.807) is 4.90 Å². The number of carbonyl (C=O) groups excluding carboxylic acids is 1. The van der Waals surface area contributed by atoms with Gasteiger partial charge < -0.3 is 4.90 Å². The molecular weight excluding hydrogens is 316 g/mol. The summed E-state index contributed by atoms with van der Waals surface area (Å²) < 4.78 is 26.6. The SMILES string of the molecule is O=C(c1ccc(F)cc1F)N1CCCCC1CCBr. The first-order valence-corrected chi connectivity index (χ1v) is 7.57. The maximum absolute atomic E-state index is 13.7. The average molecular weight is 332 g/mol. The van der Waals surface area contributed by atoms with Gasteiger partial charge in [-0.3, -0.25) is 4.79 Å². The van der Waals surface area contributed by atoms with E-state index in [-0.39, 0.29) is 17.5 Å². The van der Waals surface area contributed by atoms with Gasteiger partial charge in [-0.2, -0.15) is 0 Å². The van der Waals surface area contributed by atoms with Gasteiger partial charge in [0.2, 0.25) is 0 Å². The molecule has 1 atom stereocenters. The van der Waals surface area contributed by atoms with Crippen LogP contribution >= 0.6 is 15.9 Å². The van der Waals surface area contributed by atoms with Gasteiger partial charge in [-0.1, -0.05) is 15.9 Å². The van der Waals surface area contributed by atoms with Crippen molar-refractivity contribution >= 4 is 21.8 Å². The van der Waals surface area contributed by atoms with Gasteiger partial charge in [-0.15, -0.1) is 0 Å². The zero-order valence-electron chi connectivity index (χ0n) is 10.5. The van der Waals surface area contributed by atoms with Crippen molar-refractivity contribution in [3.05, 3.63) is 35.4 Å². The van der Waals surface area contributed by atoms with E-state index in [9.17, 15) is 13.6 Å². The molecule has 1 fully saturated rings. The Bertz CT molecular complexity index is 465. The summed E-state index contributed by atoms with van der Waals surface area (Å²) in [4.78, 5) is 14.1. The molecule has 0 saturated carbocycles. The lowest BCUT2D eigenvalue weighted by Gasteiger charge is -2.35. The van der Waals surface area contributed by atoms with Crippen molar-refractivity contribution in [2.75, 3.05) is 11.9 Å². The summed E-state index contributed by atoms with van der Waals surface area (Å²) in [5, 5.41) is 0.813. The van der Waals surface area contributed by atoms with Crippen molar-refractivity contribution in [3.63, 3.8) is 0 Å². The van der Waals surface area contributed by atoms with Gasteiger partial charge >= 0.3 is 0 Å². The van der Waals surface area contributed by atoms with Crippen LogP contribution in [0, 0.1) is 11.6 Å². The molecule has 1 aliphatic heterocycles. The van der Waals surface area contributed by atoms with E-state index in [1.165, 1.54) is 6.07 Å². The minimum absolute atomic E-state index is 0.0390. The largest absolute Gasteiger partial charge is 0.336 e. The predicted molar refractivity (Wildman–Crippen MR) is 73.4 cm³/mol. The molecule has 1 aromatic carbocycles. The monoisotopic (exact) mass is 331 g/mol. The number of benzene rings is 1. The number of alkyl halides is 1. The van der Waals surface area contributed by atoms with Crippen molar-refractivity contribution in [1.29, 1.82) is 0 Å². The highest BCUT2D eigenvalue weighted by atomic mass is 79.9. The number of hydrogen-bond acceptors (Lipinski definition) is 1. The topological polar surface area (TPSA) is 20.3 Å². The van der Waals surface area contributed by atoms with E-state index in [4.69, 9.17) is 0 Å². The van der Waals surface area contributed by atoms with Crippen LogP contribution in [0.5, 0.6) is 0 Å². The third kappa shape index (κ3) is 3.32. The molecule has 1 aliphatic rings. The average Bonchev–Trinajstić information content (AvgIpc) is 2.39. The molecule has 1 aromatic rings. The van der Waals surface area contributed by atoms with Gasteiger partial charge in [-0.25, -0.2) is 8.78 Å². The van der Waals surface area contributed by atoms with Gasteiger partial charge in [0.05, 0.1) is 5.56 Å². The summed E-state index contributed by atoms with van der Waals surface area (Å²) in [7, 11) is 0. The number of likely N-dealkylation sites (tertiary alicyclic amines) is 1. The number of hydrogen-bond donors (Lipinski definition) is 0. The highest BCUT2D eigenvalue weighted by Crippen LogP contribution is 2.23. The Morgan fingerprint density at radius 1 is 1.37 bits per heavy atom. The maximum Gasteiger partial charge on any atom is 0.257 e. The van der Waals surface area contributed by atoms with Crippen LogP contribution in [0.1, 0.15) is 36.0 Å². The molecule has 0 bridgehead atoms. The minimum atomic E-state index is -0.784. The van der Waals surface area contributed by atoms with Gasteiger partial charge in [0.15, 0.2) is 0 Å². The molecule has 104 valence electrons. The highest BCUT2D eigenvalue weighted by Gasteiger charge is 2.28. The minimum Gasteiger partial charge on any atom is -0.336 e. The number of piperidine rings is 1. The van der Waals surface area contributed by atoms with Crippen LogP contribution in [0.15, 0.2) is 18.2 Å². The van der Waals surface area contributed by atoms with E-state index in [1.807, 2.05) is 0 Å². The van der Waals surface area contributed by atoms with E-state index in [0.717, 1.165) is 43.1 Å². The summed E-state index contributed by atoms with van der Waals surface area (Å²) >= 11 is 3.38.